The Morgan fingerprint density at radius 2 is 1.86 bits per heavy atom. The normalized spacial score (nSPS) is 15.9. The Bertz CT molecular complexity index is 548. The summed E-state index contributed by atoms with van der Waals surface area (Å²) in [6.07, 6.45) is 3.39. The summed E-state index contributed by atoms with van der Waals surface area (Å²) in [5.74, 6) is 0.499. The monoisotopic (exact) mass is 310 g/mol. The Labute approximate surface area is 128 Å². The highest BCUT2D eigenvalue weighted by molar-refractivity contribution is 7.89. The number of nitrogens with zero attached hydrogens (tertiary/aromatic N) is 1. The summed E-state index contributed by atoms with van der Waals surface area (Å²) < 4.78 is 26.3. The lowest BCUT2D eigenvalue weighted by Gasteiger charge is -2.18. The molecule has 1 aliphatic carbocycles. The summed E-state index contributed by atoms with van der Waals surface area (Å²) in [5, 5.41) is 3.43. The van der Waals surface area contributed by atoms with E-state index in [9.17, 15) is 8.42 Å². The summed E-state index contributed by atoms with van der Waals surface area (Å²) in [7, 11) is -1.70. The molecule has 0 aliphatic heterocycles. The number of nitrogens with one attached hydrogen (secondary N) is 1. The summed E-state index contributed by atoms with van der Waals surface area (Å²) in [6, 6.07) is 7.89. The van der Waals surface area contributed by atoms with Crippen molar-refractivity contribution >= 4 is 10.0 Å². The molecule has 1 fully saturated rings. The predicted molar refractivity (Wildman–Crippen MR) is 85.6 cm³/mol. The number of hydrogen-bond donors (Lipinski definition) is 1. The van der Waals surface area contributed by atoms with E-state index >= 15 is 0 Å². The van der Waals surface area contributed by atoms with Gasteiger partial charge in [0.05, 0.1) is 4.90 Å². The van der Waals surface area contributed by atoms with Crippen molar-refractivity contribution in [3.05, 3.63) is 29.8 Å². The van der Waals surface area contributed by atoms with Crippen molar-refractivity contribution in [3.8, 4) is 0 Å². The fourth-order valence-electron chi connectivity index (χ4n) is 2.07. The van der Waals surface area contributed by atoms with Crippen molar-refractivity contribution in [1.82, 2.24) is 9.62 Å². The first-order valence-corrected chi connectivity index (χ1v) is 9.12. The molecule has 1 aliphatic rings. The molecule has 1 N–H and O–H groups in total. The molecular formula is C16H26N2O2S. The van der Waals surface area contributed by atoms with Gasteiger partial charge in [-0.25, -0.2) is 12.7 Å². The molecule has 4 nitrogen and oxygen atoms in total. The van der Waals surface area contributed by atoms with Gasteiger partial charge in [-0.1, -0.05) is 26.0 Å². The third-order valence-electron chi connectivity index (χ3n) is 3.83. The molecular weight excluding hydrogens is 284 g/mol. The third-order valence-corrected chi connectivity index (χ3v) is 5.70. The van der Waals surface area contributed by atoms with Gasteiger partial charge in [-0.3, -0.25) is 0 Å². The van der Waals surface area contributed by atoms with E-state index in [1.165, 1.54) is 17.1 Å². The van der Waals surface area contributed by atoms with Gasteiger partial charge in [0.1, 0.15) is 0 Å². The van der Waals surface area contributed by atoms with E-state index in [0.29, 0.717) is 23.4 Å². The van der Waals surface area contributed by atoms with Crippen LogP contribution in [0.15, 0.2) is 29.2 Å². The molecule has 1 saturated carbocycles. The summed E-state index contributed by atoms with van der Waals surface area (Å²) in [5.41, 5.74) is 1.13. The van der Waals surface area contributed by atoms with Crippen LogP contribution in [0.5, 0.6) is 0 Å². The SMILES string of the molecule is CC(C)CCN(C)S(=O)(=O)c1ccc(CNC2CC2)cc1. The van der Waals surface area contributed by atoms with Gasteiger partial charge in [-0.05, 0) is 42.9 Å². The maximum Gasteiger partial charge on any atom is 0.242 e. The van der Waals surface area contributed by atoms with E-state index in [-0.39, 0.29) is 0 Å². The van der Waals surface area contributed by atoms with E-state index in [1.54, 1.807) is 19.2 Å². The van der Waals surface area contributed by atoms with Crippen molar-refractivity contribution in [1.29, 1.82) is 0 Å². The molecule has 0 saturated heterocycles. The first-order chi connectivity index (χ1) is 9.89. The zero-order chi connectivity index (χ0) is 15.5. The third kappa shape index (κ3) is 4.80. The molecule has 0 aromatic heterocycles. The molecule has 0 spiro atoms. The Morgan fingerprint density at radius 3 is 2.38 bits per heavy atom. The molecule has 0 atom stereocenters. The smallest absolute Gasteiger partial charge is 0.242 e. The van der Waals surface area contributed by atoms with Crippen molar-refractivity contribution in [3.63, 3.8) is 0 Å². The van der Waals surface area contributed by atoms with E-state index in [2.05, 4.69) is 19.2 Å². The Morgan fingerprint density at radius 1 is 1.24 bits per heavy atom. The lowest BCUT2D eigenvalue weighted by atomic mass is 10.1. The van der Waals surface area contributed by atoms with Crippen molar-refractivity contribution < 1.29 is 8.42 Å². The van der Waals surface area contributed by atoms with Crippen molar-refractivity contribution in [2.75, 3.05) is 13.6 Å². The highest BCUT2D eigenvalue weighted by Gasteiger charge is 2.21. The van der Waals surface area contributed by atoms with Gasteiger partial charge in [0.15, 0.2) is 0 Å². The molecule has 0 unspecified atom stereocenters. The van der Waals surface area contributed by atoms with E-state index < -0.39 is 10.0 Å². The second-order valence-electron chi connectivity index (χ2n) is 6.31. The summed E-state index contributed by atoms with van der Waals surface area (Å²) in [6.45, 7) is 5.57. The largest absolute Gasteiger partial charge is 0.310 e. The molecule has 1 aromatic carbocycles. The predicted octanol–water partition coefficient (Wildman–Crippen LogP) is 2.61. The van der Waals surface area contributed by atoms with Crippen LogP contribution in [0, 0.1) is 5.92 Å². The van der Waals surface area contributed by atoms with E-state index in [0.717, 1.165) is 18.5 Å². The quantitative estimate of drug-likeness (QED) is 0.803. The highest BCUT2D eigenvalue weighted by Crippen LogP contribution is 2.20. The van der Waals surface area contributed by atoms with Crippen LogP contribution in [0.1, 0.15) is 38.7 Å². The van der Waals surface area contributed by atoms with Gasteiger partial charge in [0.25, 0.3) is 0 Å². The zero-order valence-corrected chi connectivity index (χ0v) is 14.0. The lowest BCUT2D eigenvalue weighted by molar-refractivity contribution is 0.428. The van der Waals surface area contributed by atoms with Crippen molar-refractivity contribution in [2.45, 2.75) is 50.6 Å². The molecule has 118 valence electrons. The first-order valence-electron chi connectivity index (χ1n) is 7.68. The highest BCUT2D eigenvalue weighted by atomic mass is 32.2. The van der Waals surface area contributed by atoms with Crippen LogP contribution in [0.4, 0.5) is 0 Å². The van der Waals surface area contributed by atoms with Crippen LogP contribution in [-0.4, -0.2) is 32.4 Å². The number of benzene rings is 1. The molecule has 0 amide bonds. The van der Waals surface area contributed by atoms with Crippen molar-refractivity contribution in [2.24, 2.45) is 5.92 Å². The standard InChI is InChI=1S/C16H26N2O2S/c1-13(2)10-11-18(3)21(19,20)16-8-4-14(5-9-16)12-17-15-6-7-15/h4-5,8-9,13,15,17H,6-7,10-12H2,1-3H3. The molecule has 5 heteroatoms. The Balaban J connectivity index is 1.98. The molecule has 21 heavy (non-hydrogen) atoms. The maximum absolute atomic E-state index is 12.4. The summed E-state index contributed by atoms with van der Waals surface area (Å²) >= 11 is 0. The fraction of sp³-hybridized carbons (Fsp3) is 0.625. The summed E-state index contributed by atoms with van der Waals surface area (Å²) in [4.78, 5) is 0.379. The van der Waals surface area contributed by atoms with E-state index in [1.807, 2.05) is 12.1 Å². The second kappa shape index (κ2) is 6.90. The maximum atomic E-state index is 12.4. The van der Waals surface area contributed by atoms with Crippen LogP contribution < -0.4 is 5.32 Å². The van der Waals surface area contributed by atoms with Crippen LogP contribution in [0.3, 0.4) is 0 Å². The molecule has 1 aromatic rings. The topological polar surface area (TPSA) is 49.4 Å². The molecule has 0 radical (unpaired) electrons. The molecule has 0 heterocycles. The fourth-order valence-corrected chi connectivity index (χ4v) is 3.25. The van der Waals surface area contributed by atoms with Crippen LogP contribution in [-0.2, 0) is 16.6 Å². The van der Waals surface area contributed by atoms with Crippen LogP contribution >= 0.6 is 0 Å². The molecule has 0 bridgehead atoms. The lowest BCUT2D eigenvalue weighted by Crippen LogP contribution is -2.28. The van der Waals surface area contributed by atoms with Crippen LogP contribution in [0.2, 0.25) is 0 Å². The molecule has 2 rings (SSSR count). The minimum atomic E-state index is -3.36. The minimum absolute atomic E-state index is 0.379. The number of rotatable bonds is 8. The first kappa shape index (κ1) is 16.5. The van der Waals surface area contributed by atoms with Gasteiger partial charge in [-0.2, -0.15) is 0 Å². The van der Waals surface area contributed by atoms with Gasteiger partial charge in [0.2, 0.25) is 10.0 Å². The van der Waals surface area contributed by atoms with Gasteiger partial charge in [-0.15, -0.1) is 0 Å². The average molecular weight is 310 g/mol. The Hall–Kier alpha value is -0.910. The van der Waals surface area contributed by atoms with E-state index in [4.69, 9.17) is 0 Å². The van der Waals surface area contributed by atoms with Gasteiger partial charge >= 0.3 is 0 Å². The zero-order valence-electron chi connectivity index (χ0n) is 13.2. The number of sulfonamides is 1. The van der Waals surface area contributed by atoms with Gasteiger partial charge < -0.3 is 5.32 Å². The number of hydrogen-bond acceptors (Lipinski definition) is 3. The van der Waals surface area contributed by atoms with Gasteiger partial charge in [0, 0.05) is 26.2 Å². The average Bonchev–Trinajstić information content (AvgIpc) is 3.27. The second-order valence-corrected chi connectivity index (χ2v) is 8.35. The van der Waals surface area contributed by atoms with Crippen LogP contribution in [0.25, 0.3) is 0 Å². The minimum Gasteiger partial charge on any atom is -0.310 e. The Kier molecular flexibility index (Phi) is 5.41.